The average Bonchev–Trinajstić information content (AvgIpc) is 2.60. The molecule has 0 saturated carbocycles. The minimum absolute atomic E-state index is 0.305. The zero-order valence-electron chi connectivity index (χ0n) is 8.57. The first-order chi connectivity index (χ1) is 6.63. The maximum absolute atomic E-state index is 11.8. The highest BCUT2D eigenvalue weighted by Gasteiger charge is 2.40. The van der Waals surface area contributed by atoms with E-state index < -0.39 is 10.0 Å². The van der Waals surface area contributed by atoms with Gasteiger partial charge in [-0.3, -0.25) is 0 Å². The van der Waals surface area contributed by atoms with Crippen molar-refractivity contribution in [3.63, 3.8) is 0 Å². The van der Waals surface area contributed by atoms with Gasteiger partial charge >= 0.3 is 0 Å². The lowest BCUT2D eigenvalue weighted by Gasteiger charge is -2.16. The number of hydrogen-bond donors (Lipinski definition) is 1. The third-order valence-corrected chi connectivity index (χ3v) is 5.22. The zero-order chi connectivity index (χ0) is 10.2. The fourth-order valence-electron chi connectivity index (χ4n) is 2.43. The highest BCUT2D eigenvalue weighted by molar-refractivity contribution is 7.89. The maximum atomic E-state index is 11.8. The number of fused-ring (bicyclic) bond motifs is 1. The fraction of sp³-hybridized carbons (Fsp3) is 1.00. The van der Waals surface area contributed by atoms with E-state index in [1.807, 2.05) is 6.92 Å². The van der Waals surface area contributed by atoms with E-state index in [-0.39, 0.29) is 0 Å². The molecule has 2 fully saturated rings. The van der Waals surface area contributed by atoms with Crippen LogP contribution in [0.2, 0.25) is 0 Å². The molecular formula is C9H18N2O2S. The summed E-state index contributed by atoms with van der Waals surface area (Å²) < 4.78 is 25.2. The summed E-state index contributed by atoms with van der Waals surface area (Å²) in [6.45, 7) is 5.36. The summed E-state index contributed by atoms with van der Waals surface area (Å²) in [5.74, 6) is 1.42. The van der Waals surface area contributed by atoms with Crippen LogP contribution in [0.1, 0.15) is 13.3 Å². The summed E-state index contributed by atoms with van der Waals surface area (Å²) in [5.41, 5.74) is 0. The molecule has 2 saturated heterocycles. The van der Waals surface area contributed by atoms with Gasteiger partial charge in [0, 0.05) is 13.1 Å². The van der Waals surface area contributed by atoms with E-state index >= 15 is 0 Å². The molecule has 0 aliphatic carbocycles. The molecule has 0 radical (unpaired) electrons. The van der Waals surface area contributed by atoms with Gasteiger partial charge in [0.1, 0.15) is 0 Å². The molecule has 0 aromatic carbocycles. The summed E-state index contributed by atoms with van der Waals surface area (Å²) in [5, 5.41) is 3.31. The number of rotatable bonds is 3. The molecule has 1 N–H and O–H groups in total. The molecule has 2 aliphatic rings. The zero-order valence-corrected chi connectivity index (χ0v) is 9.39. The van der Waals surface area contributed by atoms with Gasteiger partial charge in [0.15, 0.2) is 0 Å². The number of nitrogens with zero attached hydrogens (tertiary/aromatic N) is 1. The van der Waals surface area contributed by atoms with Crippen molar-refractivity contribution < 1.29 is 8.42 Å². The highest BCUT2D eigenvalue weighted by atomic mass is 32.2. The molecule has 2 rings (SSSR count). The largest absolute Gasteiger partial charge is 0.316 e. The smallest absolute Gasteiger partial charge is 0.214 e. The average molecular weight is 218 g/mol. The summed E-state index contributed by atoms with van der Waals surface area (Å²) in [6, 6.07) is 0. The van der Waals surface area contributed by atoms with Crippen LogP contribution in [0.5, 0.6) is 0 Å². The number of hydrogen-bond acceptors (Lipinski definition) is 3. The van der Waals surface area contributed by atoms with E-state index in [0.29, 0.717) is 24.0 Å². The van der Waals surface area contributed by atoms with Gasteiger partial charge in [-0.15, -0.1) is 0 Å². The standard InChI is InChI=1S/C9H18N2O2S/c1-2-3-14(12,13)11-6-8-4-10-5-9(8)7-11/h8-10H,2-7H2,1H3. The van der Waals surface area contributed by atoms with Gasteiger partial charge in [0.25, 0.3) is 0 Å². The first-order valence-corrected chi connectivity index (χ1v) is 6.93. The van der Waals surface area contributed by atoms with Crippen molar-refractivity contribution >= 4 is 10.0 Å². The Balaban J connectivity index is 2.02. The Morgan fingerprint density at radius 3 is 2.36 bits per heavy atom. The molecule has 2 heterocycles. The van der Waals surface area contributed by atoms with Crippen LogP contribution in [0.25, 0.3) is 0 Å². The van der Waals surface area contributed by atoms with Gasteiger partial charge in [0.05, 0.1) is 5.75 Å². The lowest BCUT2D eigenvalue weighted by Crippen LogP contribution is -2.33. The second-order valence-corrected chi connectivity index (χ2v) is 6.40. The Bertz CT molecular complexity index is 290. The second kappa shape index (κ2) is 3.79. The van der Waals surface area contributed by atoms with Crippen LogP contribution in [0.4, 0.5) is 0 Å². The highest BCUT2D eigenvalue weighted by Crippen LogP contribution is 2.28. The van der Waals surface area contributed by atoms with Gasteiger partial charge < -0.3 is 5.32 Å². The van der Waals surface area contributed by atoms with Crippen LogP contribution < -0.4 is 5.32 Å². The molecule has 0 aromatic rings. The molecule has 5 heteroatoms. The first-order valence-electron chi connectivity index (χ1n) is 5.32. The molecular weight excluding hydrogens is 200 g/mol. The van der Waals surface area contributed by atoms with E-state index in [9.17, 15) is 8.42 Å². The van der Waals surface area contributed by atoms with Crippen molar-refractivity contribution in [3.8, 4) is 0 Å². The van der Waals surface area contributed by atoms with E-state index in [4.69, 9.17) is 0 Å². The first kappa shape index (κ1) is 10.4. The van der Waals surface area contributed by atoms with Gasteiger partial charge in [0.2, 0.25) is 10.0 Å². The van der Waals surface area contributed by atoms with Crippen molar-refractivity contribution in [3.05, 3.63) is 0 Å². The Labute approximate surface area is 85.7 Å². The quantitative estimate of drug-likeness (QED) is 0.718. The monoisotopic (exact) mass is 218 g/mol. The summed E-state index contributed by atoms with van der Waals surface area (Å²) in [7, 11) is -2.95. The van der Waals surface area contributed by atoms with E-state index in [2.05, 4.69) is 5.32 Å². The Morgan fingerprint density at radius 1 is 1.29 bits per heavy atom. The van der Waals surface area contributed by atoms with Crippen LogP contribution in [0.15, 0.2) is 0 Å². The fourth-order valence-corrected chi connectivity index (χ4v) is 4.04. The van der Waals surface area contributed by atoms with Crippen molar-refractivity contribution in [1.82, 2.24) is 9.62 Å². The molecule has 4 nitrogen and oxygen atoms in total. The van der Waals surface area contributed by atoms with Crippen molar-refractivity contribution in [1.29, 1.82) is 0 Å². The van der Waals surface area contributed by atoms with Gasteiger partial charge in [-0.2, -0.15) is 0 Å². The van der Waals surface area contributed by atoms with Crippen LogP contribution in [0.3, 0.4) is 0 Å². The van der Waals surface area contributed by atoms with E-state index in [0.717, 1.165) is 26.2 Å². The third-order valence-electron chi connectivity index (χ3n) is 3.21. The summed E-state index contributed by atoms with van der Waals surface area (Å²) in [6.07, 6.45) is 0.715. The van der Waals surface area contributed by atoms with Crippen molar-refractivity contribution in [2.45, 2.75) is 13.3 Å². The molecule has 14 heavy (non-hydrogen) atoms. The molecule has 82 valence electrons. The minimum Gasteiger partial charge on any atom is -0.316 e. The summed E-state index contributed by atoms with van der Waals surface area (Å²) >= 11 is 0. The molecule has 2 unspecified atom stereocenters. The van der Waals surface area contributed by atoms with Gasteiger partial charge in [-0.25, -0.2) is 12.7 Å². The SMILES string of the molecule is CCCS(=O)(=O)N1CC2CNCC2C1. The number of nitrogens with one attached hydrogen (secondary N) is 1. The van der Waals surface area contributed by atoms with Crippen molar-refractivity contribution in [2.75, 3.05) is 31.9 Å². The van der Waals surface area contributed by atoms with Gasteiger partial charge in [-0.1, -0.05) is 6.92 Å². The third kappa shape index (κ3) is 1.81. The molecule has 2 aliphatic heterocycles. The van der Waals surface area contributed by atoms with Crippen LogP contribution in [0, 0.1) is 11.8 Å². The molecule has 0 amide bonds. The lowest BCUT2D eigenvalue weighted by atomic mass is 10.0. The predicted molar refractivity (Wildman–Crippen MR) is 55.5 cm³/mol. The Morgan fingerprint density at radius 2 is 1.86 bits per heavy atom. The second-order valence-electron chi connectivity index (χ2n) is 4.31. The van der Waals surface area contributed by atoms with Crippen LogP contribution in [-0.4, -0.2) is 44.7 Å². The lowest BCUT2D eigenvalue weighted by molar-refractivity contribution is 0.447. The predicted octanol–water partition coefficient (Wildman–Crippen LogP) is -0.123. The van der Waals surface area contributed by atoms with E-state index in [1.165, 1.54) is 0 Å². The topological polar surface area (TPSA) is 49.4 Å². The van der Waals surface area contributed by atoms with Crippen LogP contribution in [-0.2, 0) is 10.0 Å². The van der Waals surface area contributed by atoms with E-state index in [1.54, 1.807) is 4.31 Å². The molecule has 0 spiro atoms. The molecule has 2 atom stereocenters. The van der Waals surface area contributed by atoms with Crippen LogP contribution >= 0.6 is 0 Å². The Kier molecular flexibility index (Phi) is 2.81. The Hall–Kier alpha value is -0.130. The normalized spacial score (nSPS) is 33.5. The molecule has 0 bridgehead atoms. The molecule has 0 aromatic heterocycles. The van der Waals surface area contributed by atoms with Gasteiger partial charge in [-0.05, 0) is 31.3 Å². The summed E-state index contributed by atoms with van der Waals surface area (Å²) in [4.78, 5) is 0. The van der Waals surface area contributed by atoms with Crippen molar-refractivity contribution in [2.24, 2.45) is 11.8 Å². The maximum Gasteiger partial charge on any atom is 0.214 e. The minimum atomic E-state index is -2.95. The number of sulfonamides is 1.